The Labute approximate surface area is 143 Å². The number of fused-ring (bicyclic) bond motifs is 1. The second-order valence-corrected chi connectivity index (χ2v) is 6.42. The number of likely N-dealkylation sites (N-methyl/N-ethyl adjacent to an activating group) is 1. The number of aromatic nitrogens is 3. The van der Waals surface area contributed by atoms with E-state index in [0.29, 0.717) is 0 Å². The minimum Gasteiger partial charge on any atom is -0.337 e. The third-order valence-electron chi connectivity index (χ3n) is 5.02. The summed E-state index contributed by atoms with van der Waals surface area (Å²) in [5, 5.41) is 8.52. The normalized spacial score (nSPS) is 18.5. The lowest BCUT2D eigenvalue weighted by atomic mass is 10.0. The Morgan fingerprint density at radius 3 is 2.71 bits per heavy atom. The molecule has 0 atom stereocenters. The van der Waals surface area contributed by atoms with Gasteiger partial charge in [-0.15, -0.1) is 5.10 Å². The fourth-order valence-corrected chi connectivity index (χ4v) is 3.59. The Balaban J connectivity index is 1.58. The molecule has 0 N–H and O–H groups in total. The summed E-state index contributed by atoms with van der Waals surface area (Å²) in [7, 11) is 0. The van der Waals surface area contributed by atoms with Crippen molar-refractivity contribution in [1.82, 2.24) is 20.1 Å². The van der Waals surface area contributed by atoms with E-state index in [1.807, 2.05) is 0 Å². The first-order valence-electron chi connectivity index (χ1n) is 8.87. The number of benzene rings is 1. The van der Waals surface area contributed by atoms with Gasteiger partial charge in [-0.2, -0.15) is 10.1 Å². The summed E-state index contributed by atoms with van der Waals surface area (Å²) in [5.41, 5.74) is 2.64. The van der Waals surface area contributed by atoms with Gasteiger partial charge in [0.2, 0.25) is 5.95 Å². The summed E-state index contributed by atoms with van der Waals surface area (Å²) in [6.45, 7) is 8.37. The maximum atomic E-state index is 4.83. The molecule has 1 saturated heterocycles. The van der Waals surface area contributed by atoms with Crippen molar-refractivity contribution in [2.24, 2.45) is 0 Å². The van der Waals surface area contributed by atoms with Crippen molar-refractivity contribution in [2.75, 3.05) is 49.1 Å². The molecule has 0 aliphatic carbocycles. The first kappa shape index (κ1) is 15.3. The van der Waals surface area contributed by atoms with E-state index in [9.17, 15) is 0 Å². The molecule has 3 heterocycles. The van der Waals surface area contributed by atoms with E-state index in [-0.39, 0.29) is 0 Å². The zero-order valence-electron chi connectivity index (χ0n) is 14.2. The lowest BCUT2D eigenvalue weighted by Crippen LogP contribution is -2.47. The number of rotatable bonds is 3. The molecule has 6 nitrogen and oxygen atoms in total. The molecule has 1 fully saturated rings. The predicted molar refractivity (Wildman–Crippen MR) is 95.9 cm³/mol. The molecule has 0 unspecified atom stereocenters. The second-order valence-electron chi connectivity index (χ2n) is 6.42. The van der Waals surface area contributed by atoms with Crippen LogP contribution in [0.2, 0.25) is 0 Å². The van der Waals surface area contributed by atoms with Gasteiger partial charge >= 0.3 is 0 Å². The maximum absolute atomic E-state index is 4.83. The maximum Gasteiger partial charge on any atom is 0.247 e. The number of hydrogen-bond donors (Lipinski definition) is 0. The molecule has 2 aliphatic heterocycles. The number of piperazine rings is 1. The highest BCUT2D eigenvalue weighted by Gasteiger charge is 2.22. The van der Waals surface area contributed by atoms with Crippen molar-refractivity contribution in [3.05, 3.63) is 36.0 Å². The van der Waals surface area contributed by atoms with Crippen LogP contribution in [0.5, 0.6) is 0 Å². The van der Waals surface area contributed by atoms with Crippen LogP contribution >= 0.6 is 0 Å². The first-order chi connectivity index (χ1) is 11.8. The Hall–Kier alpha value is -2.21. The molecule has 6 heteroatoms. The summed E-state index contributed by atoms with van der Waals surface area (Å²) < 4.78 is 0. The van der Waals surface area contributed by atoms with Crippen LogP contribution in [-0.4, -0.2) is 59.3 Å². The summed E-state index contributed by atoms with van der Waals surface area (Å²) in [4.78, 5) is 11.8. The molecular formula is C18H24N6. The van der Waals surface area contributed by atoms with Gasteiger partial charge in [-0.1, -0.05) is 25.1 Å². The second kappa shape index (κ2) is 6.73. The Morgan fingerprint density at radius 2 is 1.88 bits per heavy atom. The van der Waals surface area contributed by atoms with Crippen LogP contribution in [-0.2, 0) is 6.42 Å². The van der Waals surface area contributed by atoms with Gasteiger partial charge in [0.15, 0.2) is 5.82 Å². The number of hydrogen-bond acceptors (Lipinski definition) is 6. The molecule has 1 aromatic carbocycles. The van der Waals surface area contributed by atoms with Crippen LogP contribution in [0.3, 0.4) is 0 Å². The lowest BCUT2D eigenvalue weighted by Gasteiger charge is -2.34. The summed E-state index contributed by atoms with van der Waals surface area (Å²) in [6.07, 6.45) is 4.07. The van der Waals surface area contributed by atoms with E-state index in [4.69, 9.17) is 4.98 Å². The smallest absolute Gasteiger partial charge is 0.247 e. The summed E-state index contributed by atoms with van der Waals surface area (Å²) >= 11 is 0. The topological polar surface area (TPSA) is 48.4 Å². The SMILES string of the molecule is CCN1CCN(c2nncc(N3CCCc4ccccc43)n2)CC1. The standard InChI is InChI=1S/C18H24N6/c1-2-22-10-12-23(13-11-22)18-20-17(14-19-21-18)24-9-5-7-15-6-3-4-8-16(15)24/h3-4,6,8,14H,2,5,7,9-13H2,1H3. The average molecular weight is 324 g/mol. The number of anilines is 3. The summed E-state index contributed by atoms with van der Waals surface area (Å²) in [6, 6.07) is 8.59. The van der Waals surface area contributed by atoms with Gasteiger partial charge in [0.25, 0.3) is 0 Å². The van der Waals surface area contributed by atoms with Gasteiger partial charge in [-0.25, -0.2) is 0 Å². The van der Waals surface area contributed by atoms with Gasteiger partial charge < -0.3 is 14.7 Å². The van der Waals surface area contributed by atoms with Crippen molar-refractivity contribution in [2.45, 2.75) is 19.8 Å². The fraction of sp³-hybridized carbons (Fsp3) is 0.500. The van der Waals surface area contributed by atoms with Gasteiger partial charge in [-0.3, -0.25) is 0 Å². The van der Waals surface area contributed by atoms with E-state index in [1.165, 1.54) is 11.3 Å². The monoisotopic (exact) mass is 324 g/mol. The third kappa shape index (κ3) is 2.94. The molecule has 0 saturated carbocycles. The van der Waals surface area contributed by atoms with Crippen LogP contribution in [0.25, 0.3) is 0 Å². The van der Waals surface area contributed by atoms with Crippen molar-refractivity contribution in [3.63, 3.8) is 0 Å². The minimum absolute atomic E-state index is 0.756. The molecule has 0 bridgehead atoms. The highest BCUT2D eigenvalue weighted by molar-refractivity contribution is 5.65. The van der Waals surface area contributed by atoms with E-state index >= 15 is 0 Å². The van der Waals surface area contributed by atoms with Crippen molar-refractivity contribution >= 4 is 17.5 Å². The molecule has 0 radical (unpaired) electrons. The van der Waals surface area contributed by atoms with Gasteiger partial charge in [-0.05, 0) is 31.0 Å². The lowest BCUT2D eigenvalue weighted by molar-refractivity contribution is 0.269. The van der Waals surface area contributed by atoms with E-state index in [1.54, 1.807) is 6.20 Å². The molecule has 4 rings (SSSR count). The zero-order valence-corrected chi connectivity index (χ0v) is 14.2. The summed E-state index contributed by atoms with van der Waals surface area (Å²) in [5.74, 6) is 1.66. The predicted octanol–water partition coefficient (Wildman–Crippen LogP) is 2.10. The molecule has 2 aliphatic rings. The highest BCUT2D eigenvalue weighted by Crippen LogP contribution is 2.32. The van der Waals surface area contributed by atoms with Crippen LogP contribution in [0.4, 0.5) is 17.5 Å². The molecule has 1 aromatic heterocycles. The molecule has 0 amide bonds. The van der Waals surface area contributed by atoms with Crippen molar-refractivity contribution in [1.29, 1.82) is 0 Å². The van der Waals surface area contributed by atoms with Gasteiger partial charge in [0.1, 0.15) is 0 Å². The molecule has 126 valence electrons. The fourth-order valence-electron chi connectivity index (χ4n) is 3.59. The molecular weight excluding hydrogens is 300 g/mol. The number of aryl methyl sites for hydroxylation is 1. The van der Waals surface area contributed by atoms with Gasteiger partial charge in [0.05, 0.1) is 6.20 Å². The largest absolute Gasteiger partial charge is 0.337 e. The zero-order chi connectivity index (χ0) is 16.4. The third-order valence-corrected chi connectivity index (χ3v) is 5.02. The number of para-hydroxylation sites is 1. The van der Waals surface area contributed by atoms with Crippen LogP contribution in [0.1, 0.15) is 18.9 Å². The van der Waals surface area contributed by atoms with E-state index < -0.39 is 0 Å². The quantitative estimate of drug-likeness (QED) is 0.862. The van der Waals surface area contributed by atoms with Crippen molar-refractivity contribution < 1.29 is 0 Å². The highest BCUT2D eigenvalue weighted by atomic mass is 15.4. The Bertz CT molecular complexity index is 695. The van der Waals surface area contributed by atoms with E-state index in [0.717, 1.165) is 63.9 Å². The molecule has 2 aromatic rings. The number of nitrogens with zero attached hydrogens (tertiary/aromatic N) is 6. The van der Waals surface area contributed by atoms with Crippen LogP contribution in [0.15, 0.2) is 30.5 Å². The molecule has 24 heavy (non-hydrogen) atoms. The Kier molecular flexibility index (Phi) is 4.30. The minimum atomic E-state index is 0.756. The molecule has 0 spiro atoms. The first-order valence-corrected chi connectivity index (χ1v) is 8.87. The van der Waals surface area contributed by atoms with E-state index in [2.05, 4.69) is 56.1 Å². The van der Waals surface area contributed by atoms with Crippen molar-refractivity contribution in [3.8, 4) is 0 Å². The van der Waals surface area contributed by atoms with Crippen LogP contribution in [0, 0.1) is 0 Å². The Morgan fingerprint density at radius 1 is 1.04 bits per heavy atom. The van der Waals surface area contributed by atoms with Gasteiger partial charge in [0, 0.05) is 38.4 Å². The van der Waals surface area contributed by atoms with Crippen LogP contribution < -0.4 is 9.80 Å². The average Bonchev–Trinajstić information content (AvgIpc) is 2.68.